The van der Waals surface area contributed by atoms with Crippen molar-refractivity contribution in [3.63, 3.8) is 0 Å². The molecule has 1 nitrogen and oxygen atoms in total. The summed E-state index contributed by atoms with van der Waals surface area (Å²) in [6.07, 6.45) is 22.9. The van der Waals surface area contributed by atoms with Crippen LogP contribution in [-0.2, 0) is 0 Å². The van der Waals surface area contributed by atoms with Gasteiger partial charge in [0.05, 0.1) is 27.2 Å². The van der Waals surface area contributed by atoms with Crippen LogP contribution in [-0.4, -0.2) is 31.7 Å². The highest BCUT2D eigenvalue weighted by Gasteiger charge is 2.16. The van der Waals surface area contributed by atoms with Gasteiger partial charge in [-0.1, -0.05) is 132 Å². The first-order valence-electron chi connectivity index (χ1n) is 16.2. The maximum Gasteiger partial charge on any atom is 0.0782 e. The first kappa shape index (κ1) is 35.0. The standard InChI is InChI=1S/C34H72N/c1-29(2)17-11-19-31(5)21-13-23-33(7)25-15-27-35(9,10)28-16-26-34(8)24-14-22-32(6)20-12-18-30(3)4/h29-34H,11-28H2,1-10H3/q+1. The van der Waals surface area contributed by atoms with Crippen molar-refractivity contribution in [1.29, 1.82) is 0 Å². The average Bonchev–Trinajstić information content (AvgIpc) is 2.73. The van der Waals surface area contributed by atoms with Crippen molar-refractivity contribution in [1.82, 2.24) is 0 Å². The lowest BCUT2D eigenvalue weighted by Gasteiger charge is -2.31. The molecule has 0 radical (unpaired) electrons. The summed E-state index contributed by atoms with van der Waals surface area (Å²) < 4.78 is 1.22. The van der Waals surface area contributed by atoms with Crippen LogP contribution in [0.3, 0.4) is 0 Å². The fourth-order valence-corrected chi connectivity index (χ4v) is 5.80. The predicted octanol–water partition coefficient (Wildman–Crippen LogP) is 11.2. The Balaban J connectivity index is 3.78. The Morgan fingerprint density at radius 1 is 0.343 bits per heavy atom. The molecular formula is C34H72N+. The summed E-state index contributed by atoms with van der Waals surface area (Å²) in [6.45, 7) is 22.1. The molecule has 35 heavy (non-hydrogen) atoms. The van der Waals surface area contributed by atoms with E-state index < -0.39 is 0 Å². The molecule has 0 aromatic carbocycles. The molecule has 1 heteroatoms. The van der Waals surface area contributed by atoms with E-state index in [0.29, 0.717) is 0 Å². The van der Waals surface area contributed by atoms with Crippen LogP contribution in [0, 0.1) is 35.5 Å². The molecule has 0 fully saturated rings. The second kappa shape index (κ2) is 21.0. The van der Waals surface area contributed by atoms with Crippen LogP contribution in [0.4, 0.5) is 0 Å². The first-order valence-corrected chi connectivity index (χ1v) is 16.2. The molecule has 0 rings (SSSR count). The highest BCUT2D eigenvalue weighted by atomic mass is 15.3. The van der Waals surface area contributed by atoms with Crippen LogP contribution in [0.15, 0.2) is 0 Å². The van der Waals surface area contributed by atoms with Gasteiger partial charge in [0.1, 0.15) is 0 Å². The van der Waals surface area contributed by atoms with Gasteiger partial charge in [-0.25, -0.2) is 0 Å². The van der Waals surface area contributed by atoms with Crippen molar-refractivity contribution >= 4 is 0 Å². The van der Waals surface area contributed by atoms with Gasteiger partial charge in [0.15, 0.2) is 0 Å². The fourth-order valence-electron chi connectivity index (χ4n) is 5.80. The van der Waals surface area contributed by atoms with E-state index in [4.69, 9.17) is 0 Å². The summed E-state index contributed by atoms with van der Waals surface area (Å²) in [4.78, 5) is 0. The lowest BCUT2D eigenvalue weighted by molar-refractivity contribution is -0.890. The monoisotopic (exact) mass is 495 g/mol. The molecule has 0 aliphatic carbocycles. The number of hydrogen-bond donors (Lipinski definition) is 0. The van der Waals surface area contributed by atoms with Crippen molar-refractivity contribution in [2.24, 2.45) is 35.5 Å². The lowest BCUT2D eigenvalue weighted by atomic mass is 9.92. The minimum atomic E-state index is 0.872. The Hall–Kier alpha value is -0.0400. The lowest BCUT2D eigenvalue weighted by Crippen LogP contribution is -2.41. The van der Waals surface area contributed by atoms with E-state index >= 15 is 0 Å². The summed E-state index contributed by atoms with van der Waals surface area (Å²) in [7, 11) is 4.93. The molecule has 0 bridgehead atoms. The summed E-state index contributed by atoms with van der Waals surface area (Å²) in [5, 5.41) is 0. The van der Waals surface area contributed by atoms with E-state index in [9.17, 15) is 0 Å². The zero-order chi connectivity index (χ0) is 26.7. The minimum Gasteiger partial charge on any atom is -0.328 e. The van der Waals surface area contributed by atoms with Gasteiger partial charge in [-0.15, -0.1) is 0 Å². The zero-order valence-electron chi connectivity index (χ0n) is 26.6. The molecule has 0 N–H and O–H groups in total. The van der Waals surface area contributed by atoms with Crippen molar-refractivity contribution < 1.29 is 4.48 Å². The zero-order valence-corrected chi connectivity index (χ0v) is 26.6. The molecule has 0 heterocycles. The fraction of sp³-hybridized carbons (Fsp3) is 1.00. The molecule has 0 saturated carbocycles. The Morgan fingerprint density at radius 3 is 0.829 bits per heavy atom. The van der Waals surface area contributed by atoms with E-state index in [1.807, 2.05) is 0 Å². The van der Waals surface area contributed by atoms with Crippen LogP contribution < -0.4 is 0 Å². The van der Waals surface area contributed by atoms with Crippen LogP contribution in [0.5, 0.6) is 0 Å². The maximum atomic E-state index is 2.50. The maximum absolute atomic E-state index is 2.50. The summed E-state index contributed by atoms with van der Waals surface area (Å²) in [6, 6.07) is 0. The summed E-state index contributed by atoms with van der Waals surface area (Å²) in [5.74, 6) is 5.41. The van der Waals surface area contributed by atoms with Gasteiger partial charge >= 0.3 is 0 Å². The Kier molecular flexibility index (Phi) is 20.9. The van der Waals surface area contributed by atoms with Gasteiger partial charge in [0, 0.05) is 0 Å². The minimum absolute atomic E-state index is 0.872. The van der Waals surface area contributed by atoms with Crippen molar-refractivity contribution in [3.8, 4) is 0 Å². The molecule has 0 aromatic heterocycles. The number of rotatable bonds is 24. The van der Waals surface area contributed by atoms with Crippen LogP contribution >= 0.6 is 0 Å². The second-order valence-corrected chi connectivity index (χ2v) is 14.6. The van der Waals surface area contributed by atoms with Gasteiger partial charge in [-0.2, -0.15) is 0 Å². The summed E-state index contributed by atoms with van der Waals surface area (Å²) >= 11 is 0. The SMILES string of the molecule is CC(C)CCCC(C)CCCC(C)CCC[N+](C)(C)CCCC(C)CCCC(C)CCCC(C)C. The molecule has 0 amide bonds. The highest BCUT2D eigenvalue weighted by Crippen LogP contribution is 2.23. The smallest absolute Gasteiger partial charge is 0.0782 e. The van der Waals surface area contributed by atoms with Crippen LogP contribution in [0.25, 0.3) is 0 Å². The Morgan fingerprint density at radius 2 is 0.571 bits per heavy atom. The number of hydrogen-bond acceptors (Lipinski definition) is 0. The molecule has 0 saturated heterocycles. The van der Waals surface area contributed by atoms with E-state index in [1.54, 1.807) is 0 Å². The third kappa shape index (κ3) is 24.1. The Labute approximate surface area is 225 Å². The second-order valence-electron chi connectivity index (χ2n) is 14.6. The van der Waals surface area contributed by atoms with E-state index in [0.717, 1.165) is 35.5 Å². The molecule has 212 valence electrons. The third-order valence-corrected chi connectivity index (χ3v) is 8.67. The quantitative estimate of drug-likeness (QED) is 0.117. The van der Waals surface area contributed by atoms with Crippen molar-refractivity contribution in [2.45, 2.75) is 158 Å². The topological polar surface area (TPSA) is 0 Å². The van der Waals surface area contributed by atoms with Gasteiger partial charge in [-0.3, -0.25) is 0 Å². The highest BCUT2D eigenvalue weighted by molar-refractivity contribution is 4.61. The van der Waals surface area contributed by atoms with E-state index in [-0.39, 0.29) is 0 Å². The molecule has 4 atom stereocenters. The molecule has 0 aliphatic heterocycles. The summed E-state index contributed by atoms with van der Waals surface area (Å²) in [5.41, 5.74) is 0. The number of quaternary nitrogens is 1. The third-order valence-electron chi connectivity index (χ3n) is 8.67. The molecular weight excluding hydrogens is 422 g/mol. The molecule has 4 unspecified atom stereocenters. The van der Waals surface area contributed by atoms with Gasteiger partial charge in [-0.05, 0) is 61.2 Å². The molecule has 0 aromatic rings. The number of nitrogens with zero attached hydrogens (tertiary/aromatic N) is 1. The van der Waals surface area contributed by atoms with E-state index in [2.05, 4.69) is 69.5 Å². The Bertz CT molecular complexity index is 412. The normalized spacial score (nSPS) is 16.1. The van der Waals surface area contributed by atoms with E-state index in [1.165, 1.54) is 120 Å². The van der Waals surface area contributed by atoms with Crippen LogP contribution in [0.1, 0.15) is 158 Å². The van der Waals surface area contributed by atoms with Gasteiger partial charge < -0.3 is 4.48 Å². The molecule has 0 aliphatic rings. The van der Waals surface area contributed by atoms with Gasteiger partial charge in [0.2, 0.25) is 0 Å². The first-order chi connectivity index (χ1) is 16.4. The van der Waals surface area contributed by atoms with Crippen molar-refractivity contribution in [3.05, 3.63) is 0 Å². The predicted molar refractivity (Wildman–Crippen MR) is 162 cm³/mol. The van der Waals surface area contributed by atoms with Gasteiger partial charge in [0.25, 0.3) is 0 Å². The molecule has 0 spiro atoms. The van der Waals surface area contributed by atoms with Crippen molar-refractivity contribution in [2.75, 3.05) is 27.2 Å². The largest absolute Gasteiger partial charge is 0.328 e. The van der Waals surface area contributed by atoms with Crippen LogP contribution in [0.2, 0.25) is 0 Å². The average molecular weight is 495 g/mol.